The van der Waals surface area contributed by atoms with Gasteiger partial charge in [0, 0.05) is 0 Å². The Labute approximate surface area is 185 Å². The highest BCUT2D eigenvalue weighted by Gasteiger charge is 1.96. The summed E-state index contributed by atoms with van der Waals surface area (Å²) in [6.45, 7) is 30.0. The first-order valence-corrected chi connectivity index (χ1v) is 12.0. The first-order chi connectivity index (χ1) is 13.5. The lowest BCUT2D eigenvalue weighted by Gasteiger charge is -2.05. The molecule has 0 aromatic heterocycles. The second-order valence-electron chi connectivity index (χ2n) is 5.30. The molecule has 0 unspecified atom stereocenters. The quantitative estimate of drug-likeness (QED) is 0.354. The van der Waals surface area contributed by atoms with Gasteiger partial charge in [-0.3, -0.25) is 0 Å². The van der Waals surface area contributed by atoms with E-state index in [1.165, 1.54) is 96.3 Å². The summed E-state index contributed by atoms with van der Waals surface area (Å²) in [5, 5.41) is 0. The number of hydrogen-bond donors (Lipinski definition) is 0. The van der Waals surface area contributed by atoms with E-state index in [4.69, 9.17) is 0 Å². The monoisotopic (exact) mass is 401 g/mol. The van der Waals surface area contributed by atoms with E-state index >= 15 is 0 Å². The maximum absolute atomic E-state index is 3.00. The van der Waals surface area contributed by atoms with Crippen LogP contribution in [0.4, 0.5) is 0 Å². The van der Waals surface area contributed by atoms with Gasteiger partial charge in [-0.25, -0.2) is 0 Å². The fraction of sp³-hybridized carbons (Fsp3) is 0.786. The largest absolute Gasteiger partial charge is 0.106 e. The van der Waals surface area contributed by atoms with E-state index in [2.05, 4.69) is 39.5 Å². The van der Waals surface area contributed by atoms with Crippen LogP contribution >= 0.6 is 0 Å². The molecule has 0 nitrogen and oxygen atoms in total. The molecule has 0 aliphatic heterocycles. The van der Waals surface area contributed by atoms with Gasteiger partial charge in [-0.15, -0.1) is 39.5 Å². The Morgan fingerprint density at radius 1 is 0.250 bits per heavy atom. The van der Waals surface area contributed by atoms with Gasteiger partial charge in [0.15, 0.2) is 0 Å². The number of hydrogen-bond acceptors (Lipinski definition) is 0. The van der Waals surface area contributed by atoms with Crippen LogP contribution in [0.15, 0.2) is 39.5 Å². The van der Waals surface area contributed by atoms with Crippen molar-refractivity contribution in [3.8, 4) is 0 Å². The average Bonchev–Trinajstić information content (AvgIpc) is 3.37. The highest BCUT2D eigenvalue weighted by molar-refractivity contribution is 4.52. The summed E-state index contributed by atoms with van der Waals surface area (Å²) in [5.74, 6) is 0. The Morgan fingerprint density at radius 2 is 0.286 bits per heavy atom. The second kappa shape index (κ2) is 82.5. The second-order valence-corrected chi connectivity index (χ2v) is 5.30. The maximum Gasteiger partial charge on any atom is -0.0533 e. The van der Waals surface area contributed by atoms with E-state index in [-0.39, 0.29) is 7.43 Å². The van der Waals surface area contributed by atoms with Gasteiger partial charge < -0.3 is 0 Å². The Hall–Kier alpha value is -0.780. The maximum atomic E-state index is 3.00. The molecule has 0 heterocycles. The molecule has 3 fully saturated rings. The molecule has 3 rings (SSSR count). The molecule has 0 amide bonds. The third kappa shape index (κ3) is 73.2. The van der Waals surface area contributed by atoms with Crippen molar-refractivity contribution in [2.75, 3.05) is 0 Å². The molecular formula is C28H64. The van der Waals surface area contributed by atoms with Crippen molar-refractivity contribution < 1.29 is 0 Å². The van der Waals surface area contributed by atoms with Gasteiger partial charge in [-0.2, -0.15) is 0 Å². The molecular weight excluding hydrogens is 336 g/mol. The standard InChI is InChI=1S/C6H12.C5H10.C4H8.3C2H6.3C2H4.CH4/c1-2-4-6-5-3-1;1-2-4-5-3-1;1-2-4-3-1;6*1-2;/h1-6H2;1-5H2;1-4H2;3*1-2H3;3*1-2H2;1H4. The van der Waals surface area contributed by atoms with Crippen LogP contribution in [0.5, 0.6) is 0 Å². The van der Waals surface area contributed by atoms with E-state index in [1.54, 1.807) is 0 Å². The fourth-order valence-corrected chi connectivity index (χ4v) is 2.19. The predicted octanol–water partition coefficient (Wildman–Crippen LogP) is 12.0. The SMILES string of the molecule is C.C1CCC1.C1CCCC1.C1CCCCC1.C=C.C=C.C=C.CC.CC.CC. The zero-order chi connectivity index (χ0) is 22.6. The van der Waals surface area contributed by atoms with E-state index < -0.39 is 0 Å². The van der Waals surface area contributed by atoms with Crippen LogP contribution in [-0.4, -0.2) is 0 Å². The van der Waals surface area contributed by atoms with Crippen LogP contribution in [0.2, 0.25) is 0 Å². The van der Waals surface area contributed by atoms with Gasteiger partial charge >= 0.3 is 0 Å². The highest BCUT2D eigenvalue weighted by atomic mass is 14.0. The first-order valence-electron chi connectivity index (χ1n) is 12.0. The zero-order valence-corrected chi connectivity index (χ0v) is 20.8. The molecule has 3 aliphatic carbocycles. The van der Waals surface area contributed by atoms with Gasteiger partial charge in [0.1, 0.15) is 0 Å². The normalized spacial score (nSPS) is 13.9. The lowest BCUT2D eigenvalue weighted by molar-refractivity contribution is 0.504. The summed E-state index contributed by atoms with van der Waals surface area (Å²) in [6, 6.07) is 0. The van der Waals surface area contributed by atoms with Crippen LogP contribution < -0.4 is 0 Å². The van der Waals surface area contributed by atoms with Crippen molar-refractivity contribution in [1.82, 2.24) is 0 Å². The summed E-state index contributed by atoms with van der Waals surface area (Å²) < 4.78 is 0. The topological polar surface area (TPSA) is 0 Å². The summed E-state index contributed by atoms with van der Waals surface area (Å²) >= 11 is 0. The van der Waals surface area contributed by atoms with Crippen LogP contribution in [0.3, 0.4) is 0 Å². The van der Waals surface area contributed by atoms with Gasteiger partial charge in [-0.1, -0.05) is 145 Å². The fourth-order valence-electron chi connectivity index (χ4n) is 2.19. The van der Waals surface area contributed by atoms with Crippen molar-refractivity contribution in [1.29, 1.82) is 0 Å². The van der Waals surface area contributed by atoms with Crippen molar-refractivity contribution in [3.63, 3.8) is 0 Å². The van der Waals surface area contributed by atoms with E-state index in [1.807, 2.05) is 41.5 Å². The lowest BCUT2D eigenvalue weighted by atomic mass is 10.0. The minimum absolute atomic E-state index is 0. The molecule has 0 heteroatoms. The van der Waals surface area contributed by atoms with Crippen molar-refractivity contribution >= 4 is 0 Å². The molecule has 0 bridgehead atoms. The molecule has 176 valence electrons. The van der Waals surface area contributed by atoms with Gasteiger partial charge in [-0.05, 0) is 0 Å². The van der Waals surface area contributed by atoms with Crippen molar-refractivity contribution in [2.45, 2.75) is 145 Å². The summed E-state index contributed by atoms with van der Waals surface area (Å²) in [7, 11) is 0. The molecule has 3 aliphatic rings. The average molecular weight is 401 g/mol. The smallest absolute Gasteiger partial charge is 0.0533 e. The van der Waals surface area contributed by atoms with E-state index in [0.29, 0.717) is 0 Å². The molecule has 0 aromatic carbocycles. The minimum atomic E-state index is 0. The first kappa shape index (κ1) is 45.8. The molecule has 0 N–H and O–H groups in total. The molecule has 0 atom stereocenters. The minimum Gasteiger partial charge on any atom is -0.106 e. The third-order valence-electron chi connectivity index (χ3n) is 3.75. The Bertz CT molecular complexity index is 110. The van der Waals surface area contributed by atoms with Crippen molar-refractivity contribution in [3.05, 3.63) is 39.5 Å². The van der Waals surface area contributed by atoms with Gasteiger partial charge in [0.05, 0.1) is 0 Å². The third-order valence-corrected chi connectivity index (χ3v) is 3.75. The molecule has 0 spiro atoms. The summed E-state index contributed by atoms with van der Waals surface area (Å²) in [4.78, 5) is 0. The molecule has 0 radical (unpaired) electrons. The van der Waals surface area contributed by atoms with Crippen LogP contribution in [0, 0.1) is 0 Å². The summed E-state index contributed by atoms with van der Waals surface area (Å²) in [5.41, 5.74) is 0. The van der Waals surface area contributed by atoms with E-state index in [0.717, 1.165) is 0 Å². The van der Waals surface area contributed by atoms with Gasteiger partial charge in [0.2, 0.25) is 0 Å². The predicted molar refractivity (Wildman–Crippen MR) is 144 cm³/mol. The highest BCUT2D eigenvalue weighted by Crippen LogP contribution is 2.16. The molecule has 28 heavy (non-hydrogen) atoms. The number of rotatable bonds is 0. The summed E-state index contributed by atoms with van der Waals surface area (Å²) in [6.07, 6.45) is 22.5. The zero-order valence-electron chi connectivity index (χ0n) is 20.8. The van der Waals surface area contributed by atoms with E-state index in [9.17, 15) is 0 Å². The van der Waals surface area contributed by atoms with Crippen molar-refractivity contribution in [2.24, 2.45) is 0 Å². The molecule has 3 saturated carbocycles. The van der Waals surface area contributed by atoms with Crippen LogP contribution in [0.1, 0.15) is 145 Å². The lowest BCUT2D eigenvalue weighted by Crippen LogP contribution is -1.85. The molecule has 0 aromatic rings. The van der Waals surface area contributed by atoms with Crippen LogP contribution in [0.25, 0.3) is 0 Å². The Balaban J connectivity index is -0.0000000373. The van der Waals surface area contributed by atoms with Crippen LogP contribution in [-0.2, 0) is 0 Å². The Kier molecular flexibility index (Phi) is 135. The Morgan fingerprint density at radius 3 is 0.321 bits per heavy atom. The molecule has 0 saturated heterocycles. The van der Waals surface area contributed by atoms with Gasteiger partial charge in [0.25, 0.3) is 0 Å².